The second-order valence-corrected chi connectivity index (χ2v) is 10.0. The monoisotopic (exact) mass is 479 g/mol. The van der Waals surface area contributed by atoms with Crippen molar-refractivity contribution >= 4 is 17.7 Å². The Balaban J connectivity index is 2.64. The number of unbranched alkanes of at least 4 members (excludes halogenated alkanes) is 7. The number of nitrogens with zero attached hydrogens (tertiary/aromatic N) is 1. The summed E-state index contributed by atoms with van der Waals surface area (Å²) in [6.07, 6.45) is 18.0. The van der Waals surface area contributed by atoms with E-state index in [-0.39, 0.29) is 11.9 Å². The third-order valence-corrected chi connectivity index (χ3v) is 6.63. The van der Waals surface area contributed by atoms with Crippen LogP contribution in [0.15, 0.2) is 17.3 Å². The molecule has 1 unspecified atom stereocenters. The maximum absolute atomic E-state index is 11.6. The fourth-order valence-electron chi connectivity index (χ4n) is 4.78. The Labute approximate surface area is 207 Å². The molecule has 6 heteroatoms. The molecule has 1 rings (SSSR count). The zero-order valence-corrected chi connectivity index (χ0v) is 22.1. The van der Waals surface area contributed by atoms with Crippen LogP contribution in [0, 0.1) is 17.8 Å². The van der Waals surface area contributed by atoms with Crippen LogP contribution in [0.25, 0.3) is 0 Å². The molecular weight excluding hydrogens is 430 g/mol. The number of carboxylic acid groups (broad SMARTS) is 1. The van der Waals surface area contributed by atoms with E-state index in [0.29, 0.717) is 24.9 Å². The third kappa shape index (κ3) is 13.1. The molecule has 6 nitrogen and oxygen atoms in total. The first kappa shape index (κ1) is 30.2. The number of hydrogen-bond donors (Lipinski definition) is 1. The second kappa shape index (κ2) is 18.5. The molecule has 0 aromatic heterocycles. The molecule has 0 spiro atoms. The van der Waals surface area contributed by atoms with Crippen molar-refractivity contribution in [1.29, 1.82) is 0 Å². The third-order valence-electron chi connectivity index (χ3n) is 6.63. The number of aliphatic carboxylic acids is 1. The first-order valence-corrected chi connectivity index (χ1v) is 13.7. The molecule has 3 atom stereocenters. The SMILES string of the molecule is CCCCCCCC[C@H]1CCC(=NOC(CC(C)C)C(=O)O)[C@@H]1CCCCC=CC(=O)OCC. The summed E-state index contributed by atoms with van der Waals surface area (Å²) in [4.78, 5) is 28.5. The van der Waals surface area contributed by atoms with E-state index in [2.05, 4.69) is 12.1 Å². The largest absolute Gasteiger partial charge is 0.478 e. The summed E-state index contributed by atoms with van der Waals surface area (Å²) in [5.41, 5.74) is 1.05. The Morgan fingerprint density at radius 1 is 1.06 bits per heavy atom. The standard InChI is InChI=1S/C28H49NO5/c1-5-7-8-9-10-13-16-23-19-20-25(29-34-26(28(31)32)21-22(3)4)24(23)17-14-11-12-15-18-27(30)33-6-2/h15,18,22-24,26H,5-14,16-17,19-21H2,1-4H3,(H,31,32)/t23-,24+,26?/m0/s1. The van der Waals surface area contributed by atoms with E-state index < -0.39 is 12.1 Å². The minimum Gasteiger partial charge on any atom is -0.478 e. The van der Waals surface area contributed by atoms with Crippen LogP contribution in [-0.4, -0.2) is 35.5 Å². The lowest BCUT2D eigenvalue weighted by Gasteiger charge is -2.20. The van der Waals surface area contributed by atoms with Gasteiger partial charge in [0.25, 0.3) is 0 Å². The first-order chi connectivity index (χ1) is 16.4. The number of esters is 1. The van der Waals surface area contributed by atoms with Crippen LogP contribution in [0.3, 0.4) is 0 Å². The highest BCUT2D eigenvalue weighted by atomic mass is 16.6. The van der Waals surface area contributed by atoms with E-state index in [1.807, 2.05) is 19.9 Å². The fourth-order valence-corrected chi connectivity index (χ4v) is 4.78. The molecule has 0 amide bonds. The Morgan fingerprint density at radius 2 is 1.76 bits per heavy atom. The van der Waals surface area contributed by atoms with E-state index >= 15 is 0 Å². The van der Waals surface area contributed by atoms with Gasteiger partial charge in [-0.2, -0.15) is 0 Å². The second-order valence-electron chi connectivity index (χ2n) is 10.0. The maximum atomic E-state index is 11.6. The zero-order chi connectivity index (χ0) is 25.2. The summed E-state index contributed by atoms with van der Waals surface area (Å²) < 4.78 is 4.92. The summed E-state index contributed by atoms with van der Waals surface area (Å²) in [6, 6.07) is 0. The first-order valence-electron chi connectivity index (χ1n) is 13.7. The van der Waals surface area contributed by atoms with Gasteiger partial charge in [0, 0.05) is 18.4 Å². The van der Waals surface area contributed by atoms with Gasteiger partial charge in [-0.1, -0.05) is 76.9 Å². The van der Waals surface area contributed by atoms with Crippen LogP contribution in [0.4, 0.5) is 0 Å². The van der Waals surface area contributed by atoms with E-state index in [4.69, 9.17) is 9.57 Å². The molecule has 1 saturated carbocycles. The Kier molecular flexibility index (Phi) is 16.4. The van der Waals surface area contributed by atoms with Gasteiger partial charge in [-0.05, 0) is 57.3 Å². The Bertz CT molecular complexity index is 628. The molecule has 0 radical (unpaired) electrons. The van der Waals surface area contributed by atoms with Crippen LogP contribution in [0.2, 0.25) is 0 Å². The molecule has 1 aliphatic carbocycles. The zero-order valence-electron chi connectivity index (χ0n) is 22.1. The van der Waals surface area contributed by atoms with Crippen LogP contribution in [0.1, 0.15) is 118 Å². The van der Waals surface area contributed by atoms with Gasteiger partial charge in [-0.25, -0.2) is 9.59 Å². The van der Waals surface area contributed by atoms with Crippen LogP contribution >= 0.6 is 0 Å². The lowest BCUT2D eigenvalue weighted by molar-refractivity contribution is -0.151. The molecule has 0 heterocycles. The number of carboxylic acids is 1. The topological polar surface area (TPSA) is 85.2 Å². The molecule has 34 heavy (non-hydrogen) atoms. The molecule has 0 aliphatic heterocycles. The van der Waals surface area contributed by atoms with Crippen molar-refractivity contribution in [2.24, 2.45) is 22.9 Å². The number of rotatable bonds is 19. The molecule has 1 aliphatic rings. The average molecular weight is 480 g/mol. The van der Waals surface area contributed by atoms with Crippen LogP contribution in [-0.2, 0) is 19.2 Å². The summed E-state index contributed by atoms with van der Waals surface area (Å²) in [6.45, 7) is 8.44. The van der Waals surface area contributed by atoms with Crippen molar-refractivity contribution in [3.63, 3.8) is 0 Å². The van der Waals surface area contributed by atoms with Gasteiger partial charge in [0.1, 0.15) is 0 Å². The molecular formula is C28H49NO5. The highest BCUT2D eigenvalue weighted by Crippen LogP contribution is 2.37. The summed E-state index contributed by atoms with van der Waals surface area (Å²) >= 11 is 0. The number of ether oxygens (including phenoxy) is 1. The fraction of sp³-hybridized carbons (Fsp3) is 0.821. The lowest BCUT2D eigenvalue weighted by Crippen LogP contribution is -2.25. The van der Waals surface area contributed by atoms with E-state index in [9.17, 15) is 14.7 Å². The molecule has 196 valence electrons. The van der Waals surface area contributed by atoms with Crippen molar-refractivity contribution in [3.8, 4) is 0 Å². The van der Waals surface area contributed by atoms with E-state index in [0.717, 1.165) is 44.2 Å². The number of carbonyl (C=O) groups is 2. The van der Waals surface area contributed by atoms with Gasteiger partial charge in [-0.15, -0.1) is 0 Å². The van der Waals surface area contributed by atoms with Crippen LogP contribution < -0.4 is 0 Å². The van der Waals surface area contributed by atoms with Gasteiger partial charge in [-0.3, -0.25) is 0 Å². The Hall–Kier alpha value is -1.85. The maximum Gasteiger partial charge on any atom is 0.347 e. The normalized spacial score (nSPS) is 20.3. The van der Waals surface area contributed by atoms with E-state index in [1.54, 1.807) is 6.92 Å². The smallest absolute Gasteiger partial charge is 0.347 e. The summed E-state index contributed by atoms with van der Waals surface area (Å²) in [7, 11) is 0. The van der Waals surface area contributed by atoms with Crippen molar-refractivity contribution in [3.05, 3.63) is 12.2 Å². The van der Waals surface area contributed by atoms with Gasteiger partial charge in [0.05, 0.1) is 12.3 Å². The number of oxime groups is 1. The number of allylic oxidation sites excluding steroid dienone is 1. The highest BCUT2D eigenvalue weighted by molar-refractivity contribution is 5.88. The number of carbonyl (C=O) groups excluding carboxylic acids is 1. The van der Waals surface area contributed by atoms with Gasteiger partial charge in [0.2, 0.25) is 6.10 Å². The minimum absolute atomic E-state index is 0.240. The predicted octanol–water partition coefficient (Wildman–Crippen LogP) is 7.31. The van der Waals surface area contributed by atoms with Crippen LogP contribution in [0.5, 0.6) is 0 Å². The molecule has 0 aromatic carbocycles. The van der Waals surface area contributed by atoms with Crippen molar-refractivity contribution in [2.75, 3.05) is 6.61 Å². The summed E-state index contributed by atoms with van der Waals surface area (Å²) in [5, 5.41) is 13.9. The molecule has 1 fully saturated rings. The lowest BCUT2D eigenvalue weighted by atomic mass is 9.86. The minimum atomic E-state index is -0.940. The van der Waals surface area contributed by atoms with Gasteiger partial charge < -0.3 is 14.7 Å². The predicted molar refractivity (Wildman–Crippen MR) is 138 cm³/mol. The van der Waals surface area contributed by atoms with Gasteiger partial charge >= 0.3 is 11.9 Å². The van der Waals surface area contributed by atoms with Crippen molar-refractivity contribution in [2.45, 2.75) is 124 Å². The molecule has 1 N–H and O–H groups in total. The quantitative estimate of drug-likeness (QED) is 0.0908. The Morgan fingerprint density at radius 3 is 2.44 bits per heavy atom. The van der Waals surface area contributed by atoms with Crippen molar-refractivity contribution in [1.82, 2.24) is 0 Å². The van der Waals surface area contributed by atoms with E-state index in [1.165, 1.54) is 51.0 Å². The van der Waals surface area contributed by atoms with Crippen molar-refractivity contribution < 1.29 is 24.3 Å². The summed E-state index contributed by atoms with van der Waals surface area (Å²) in [5.74, 6) is 0.00167. The molecule has 0 bridgehead atoms. The molecule has 0 saturated heterocycles. The molecule has 0 aromatic rings. The highest BCUT2D eigenvalue weighted by Gasteiger charge is 2.33. The average Bonchev–Trinajstić information content (AvgIpc) is 3.17. The van der Waals surface area contributed by atoms with Gasteiger partial charge in [0.15, 0.2) is 0 Å². The number of hydrogen-bond acceptors (Lipinski definition) is 5.